The van der Waals surface area contributed by atoms with E-state index in [0.717, 1.165) is 28.5 Å². The maximum atomic E-state index is 6.60. The molecule has 21 heavy (non-hydrogen) atoms. The van der Waals surface area contributed by atoms with Gasteiger partial charge < -0.3 is 5.73 Å². The zero-order valence-corrected chi connectivity index (χ0v) is 12.5. The maximum absolute atomic E-state index is 6.60. The van der Waals surface area contributed by atoms with Crippen molar-refractivity contribution in [3.63, 3.8) is 0 Å². The smallest absolute Gasteiger partial charge is 0.0702 e. The largest absolute Gasteiger partial charge is 0.318 e. The molecule has 0 fully saturated rings. The van der Waals surface area contributed by atoms with Crippen LogP contribution in [0.25, 0.3) is 10.9 Å². The topological polar surface area (TPSA) is 38.9 Å². The molecule has 1 atom stereocenters. The summed E-state index contributed by atoms with van der Waals surface area (Å²) in [4.78, 5) is 4.53. The van der Waals surface area contributed by atoms with Crippen LogP contribution in [-0.4, -0.2) is 4.98 Å². The Morgan fingerprint density at radius 1 is 1.00 bits per heavy atom. The van der Waals surface area contributed by atoms with Crippen LogP contribution in [0, 0.1) is 0 Å². The molecule has 0 radical (unpaired) electrons. The number of para-hydroxylation sites is 1. The van der Waals surface area contributed by atoms with Crippen LogP contribution in [0.1, 0.15) is 30.5 Å². The van der Waals surface area contributed by atoms with E-state index in [1.54, 1.807) is 0 Å². The predicted octanol–water partition coefficient (Wildman–Crippen LogP) is 4.02. The molecule has 2 heteroatoms. The number of pyridine rings is 1. The van der Waals surface area contributed by atoms with Crippen LogP contribution in [0.4, 0.5) is 0 Å². The minimum Gasteiger partial charge on any atom is -0.318 e. The number of hydrogen-bond donors (Lipinski definition) is 1. The summed E-state index contributed by atoms with van der Waals surface area (Å²) in [5, 5.41) is 1.12. The van der Waals surface area contributed by atoms with Crippen molar-refractivity contribution in [2.45, 2.75) is 25.8 Å². The summed E-state index contributed by atoms with van der Waals surface area (Å²) in [6.07, 6.45) is 2.93. The molecule has 0 spiro atoms. The monoisotopic (exact) mass is 276 g/mol. The highest BCUT2D eigenvalue weighted by Gasteiger charge is 2.24. The van der Waals surface area contributed by atoms with Crippen molar-refractivity contribution in [3.8, 4) is 0 Å². The van der Waals surface area contributed by atoms with Gasteiger partial charge in [0.05, 0.1) is 11.1 Å². The first kappa shape index (κ1) is 13.8. The van der Waals surface area contributed by atoms with Crippen LogP contribution in [0.2, 0.25) is 0 Å². The van der Waals surface area contributed by atoms with Gasteiger partial charge in [0.1, 0.15) is 0 Å². The fourth-order valence-electron chi connectivity index (χ4n) is 2.61. The van der Waals surface area contributed by atoms with E-state index < -0.39 is 5.54 Å². The van der Waals surface area contributed by atoms with E-state index in [4.69, 9.17) is 5.73 Å². The normalized spacial score (nSPS) is 14.0. The van der Waals surface area contributed by atoms with Crippen molar-refractivity contribution in [3.05, 3.63) is 77.5 Å². The van der Waals surface area contributed by atoms with Crippen LogP contribution >= 0.6 is 0 Å². The highest BCUT2D eigenvalue weighted by Crippen LogP contribution is 2.28. The summed E-state index contributed by atoms with van der Waals surface area (Å²) in [6.45, 7) is 4.20. The second-order valence-corrected chi connectivity index (χ2v) is 5.67. The van der Waals surface area contributed by atoms with Gasteiger partial charge in [0.15, 0.2) is 0 Å². The lowest BCUT2D eigenvalue weighted by molar-refractivity contribution is 0.601. The quantitative estimate of drug-likeness (QED) is 0.784. The second kappa shape index (κ2) is 5.30. The zero-order valence-electron chi connectivity index (χ0n) is 12.5. The summed E-state index contributed by atoms with van der Waals surface area (Å²) < 4.78 is 0. The summed E-state index contributed by atoms with van der Waals surface area (Å²) in [5.74, 6) is 0. The first-order valence-electron chi connectivity index (χ1n) is 7.35. The van der Waals surface area contributed by atoms with Crippen LogP contribution in [-0.2, 0) is 12.0 Å². The maximum Gasteiger partial charge on any atom is 0.0702 e. The first-order valence-corrected chi connectivity index (χ1v) is 7.35. The Balaban J connectivity index is 2.05. The molecule has 2 N–H and O–H groups in total. The zero-order chi connectivity index (χ0) is 14.9. The van der Waals surface area contributed by atoms with Gasteiger partial charge in [-0.15, -0.1) is 0 Å². The molecule has 106 valence electrons. The summed E-state index contributed by atoms with van der Waals surface area (Å²) in [5.41, 5.74) is 10.5. The summed E-state index contributed by atoms with van der Waals surface area (Å²) in [6, 6.07) is 18.8. The Kier molecular flexibility index (Phi) is 3.48. The molecule has 0 saturated carbocycles. The highest BCUT2D eigenvalue weighted by molar-refractivity contribution is 5.79. The van der Waals surface area contributed by atoms with Gasteiger partial charge in [-0.05, 0) is 42.2 Å². The number of aryl methyl sites for hydroxylation is 1. The van der Waals surface area contributed by atoms with E-state index >= 15 is 0 Å². The summed E-state index contributed by atoms with van der Waals surface area (Å²) >= 11 is 0. The van der Waals surface area contributed by atoms with Gasteiger partial charge in [-0.25, -0.2) is 0 Å². The lowest BCUT2D eigenvalue weighted by Gasteiger charge is -2.26. The van der Waals surface area contributed by atoms with Crippen molar-refractivity contribution < 1.29 is 0 Å². The molecule has 0 bridgehead atoms. The van der Waals surface area contributed by atoms with Gasteiger partial charge in [-0.1, -0.05) is 49.4 Å². The lowest BCUT2D eigenvalue weighted by atomic mass is 9.85. The SMILES string of the molecule is CCc1ccc(C(C)(N)c2cnc3ccccc3c2)cc1. The molecule has 0 saturated heterocycles. The predicted molar refractivity (Wildman–Crippen MR) is 88.2 cm³/mol. The molecule has 0 aliphatic rings. The number of fused-ring (bicyclic) bond motifs is 1. The molecule has 0 aliphatic carbocycles. The molecule has 3 aromatic rings. The van der Waals surface area contributed by atoms with Gasteiger partial charge in [0, 0.05) is 11.6 Å². The van der Waals surface area contributed by atoms with Crippen molar-refractivity contribution >= 4 is 10.9 Å². The van der Waals surface area contributed by atoms with Crippen LogP contribution in [0.5, 0.6) is 0 Å². The van der Waals surface area contributed by atoms with E-state index in [-0.39, 0.29) is 0 Å². The molecule has 1 aromatic heterocycles. The number of hydrogen-bond acceptors (Lipinski definition) is 2. The average molecular weight is 276 g/mol. The van der Waals surface area contributed by atoms with Gasteiger partial charge in [0.2, 0.25) is 0 Å². The van der Waals surface area contributed by atoms with Crippen LogP contribution < -0.4 is 5.73 Å². The van der Waals surface area contributed by atoms with E-state index in [2.05, 4.69) is 48.3 Å². The Labute approximate surface area is 125 Å². The van der Waals surface area contributed by atoms with E-state index in [0.29, 0.717) is 0 Å². The lowest BCUT2D eigenvalue weighted by Crippen LogP contribution is -2.34. The first-order chi connectivity index (χ1) is 10.1. The van der Waals surface area contributed by atoms with E-state index in [9.17, 15) is 0 Å². The minimum atomic E-state index is -0.538. The van der Waals surface area contributed by atoms with E-state index in [1.165, 1.54) is 5.56 Å². The standard InChI is InChI=1S/C19H20N2/c1-3-14-8-10-16(11-9-14)19(2,20)17-12-15-6-4-5-7-18(15)21-13-17/h4-13H,3,20H2,1-2H3. The third-order valence-corrected chi connectivity index (χ3v) is 4.15. The molecule has 0 amide bonds. The van der Waals surface area contributed by atoms with Gasteiger partial charge in [-0.3, -0.25) is 4.98 Å². The Hall–Kier alpha value is -2.19. The molecular formula is C19H20N2. The fraction of sp³-hybridized carbons (Fsp3) is 0.211. The van der Waals surface area contributed by atoms with Crippen LogP contribution in [0.15, 0.2) is 60.8 Å². The Bertz CT molecular complexity index is 758. The van der Waals surface area contributed by atoms with Crippen LogP contribution in [0.3, 0.4) is 0 Å². The molecular weight excluding hydrogens is 256 g/mol. The number of benzene rings is 2. The Morgan fingerprint density at radius 2 is 1.71 bits per heavy atom. The number of aromatic nitrogens is 1. The molecule has 1 unspecified atom stereocenters. The molecule has 0 aliphatic heterocycles. The highest BCUT2D eigenvalue weighted by atomic mass is 14.8. The third kappa shape index (κ3) is 2.55. The van der Waals surface area contributed by atoms with Crippen molar-refractivity contribution in [2.75, 3.05) is 0 Å². The molecule has 2 aromatic carbocycles. The van der Waals surface area contributed by atoms with E-state index in [1.807, 2.05) is 31.3 Å². The average Bonchev–Trinajstić information content (AvgIpc) is 2.54. The second-order valence-electron chi connectivity index (χ2n) is 5.67. The molecule has 3 rings (SSSR count). The van der Waals surface area contributed by atoms with Gasteiger partial charge in [0.25, 0.3) is 0 Å². The number of rotatable bonds is 3. The molecule has 2 nitrogen and oxygen atoms in total. The fourth-order valence-corrected chi connectivity index (χ4v) is 2.61. The minimum absolute atomic E-state index is 0.538. The Morgan fingerprint density at radius 3 is 2.43 bits per heavy atom. The van der Waals surface area contributed by atoms with Gasteiger partial charge in [-0.2, -0.15) is 0 Å². The van der Waals surface area contributed by atoms with Crippen molar-refractivity contribution in [2.24, 2.45) is 5.73 Å². The molecule has 1 heterocycles. The van der Waals surface area contributed by atoms with Crippen molar-refractivity contribution in [1.29, 1.82) is 0 Å². The number of nitrogens with zero attached hydrogens (tertiary/aromatic N) is 1. The summed E-state index contributed by atoms with van der Waals surface area (Å²) in [7, 11) is 0. The third-order valence-electron chi connectivity index (χ3n) is 4.15. The van der Waals surface area contributed by atoms with Crippen molar-refractivity contribution in [1.82, 2.24) is 4.98 Å². The van der Waals surface area contributed by atoms with Gasteiger partial charge >= 0.3 is 0 Å². The number of nitrogens with two attached hydrogens (primary N) is 1.